The Labute approximate surface area is 77.8 Å². The lowest BCUT2D eigenvalue weighted by Gasteiger charge is -2.23. The Kier molecular flexibility index (Phi) is 2.40. The van der Waals surface area contributed by atoms with Crippen LogP contribution in [0.4, 0.5) is 5.82 Å². The number of nitrogens with zero attached hydrogens (tertiary/aromatic N) is 3. The second kappa shape index (κ2) is 3.70. The van der Waals surface area contributed by atoms with Crippen LogP contribution in [0.25, 0.3) is 0 Å². The van der Waals surface area contributed by atoms with Crippen LogP contribution in [0.15, 0.2) is 18.3 Å². The molecule has 0 radical (unpaired) electrons. The SMILES string of the molecule is NC[C@@H]1CCCN1c1cccnn1. The highest BCUT2D eigenvalue weighted by Gasteiger charge is 2.23. The minimum Gasteiger partial charge on any atom is -0.351 e. The molecule has 2 N–H and O–H groups in total. The molecule has 1 aromatic rings. The maximum Gasteiger partial charge on any atom is 0.151 e. The number of nitrogens with two attached hydrogens (primary N) is 1. The van der Waals surface area contributed by atoms with Crippen LogP contribution < -0.4 is 10.6 Å². The summed E-state index contributed by atoms with van der Waals surface area (Å²) in [5.41, 5.74) is 5.67. The first-order chi connectivity index (χ1) is 6.42. The van der Waals surface area contributed by atoms with E-state index in [0.29, 0.717) is 12.6 Å². The number of rotatable bonds is 2. The van der Waals surface area contributed by atoms with E-state index in [1.165, 1.54) is 12.8 Å². The van der Waals surface area contributed by atoms with Gasteiger partial charge in [-0.05, 0) is 25.0 Å². The van der Waals surface area contributed by atoms with Crippen LogP contribution in [0.1, 0.15) is 12.8 Å². The Morgan fingerprint density at radius 1 is 1.62 bits per heavy atom. The largest absolute Gasteiger partial charge is 0.351 e. The Morgan fingerprint density at radius 2 is 2.54 bits per heavy atom. The first kappa shape index (κ1) is 8.44. The van der Waals surface area contributed by atoms with Gasteiger partial charge in [-0.2, -0.15) is 5.10 Å². The van der Waals surface area contributed by atoms with Crippen LogP contribution in [0, 0.1) is 0 Å². The number of hydrogen-bond acceptors (Lipinski definition) is 4. The lowest BCUT2D eigenvalue weighted by atomic mass is 10.2. The number of hydrogen-bond donors (Lipinski definition) is 1. The van der Waals surface area contributed by atoms with Gasteiger partial charge in [-0.15, -0.1) is 5.10 Å². The molecule has 1 fully saturated rings. The van der Waals surface area contributed by atoms with E-state index in [4.69, 9.17) is 5.73 Å². The Bertz CT molecular complexity index is 262. The highest BCUT2D eigenvalue weighted by Crippen LogP contribution is 2.21. The van der Waals surface area contributed by atoms with Gasteiger partial charge in [0.1, 0.15) is 0 Å². The summed E-state index contributed by atoms with van der Waals surface area (Å²) in [6.07, 6.45) is 4.07. The normalized spacial score (nSPS) is 22.2. The quantitative estimate of drug-likeness (QED) is 0.712. The summed E-state index contributed by atoms with van der Waals surface area (Å²) in [4.78, 5) is 2.24. The van der Waals surface area contributed by atoms with E-state index < -0.39 is 0 Å². The number of anilines is 1. The lowest BCUT2D eigenvalue weighted by Crippen LogP contribution is -2.35. The molecule has 0 spiro atoms. The second-order valence-electron chi connectivity index (χ2n) is 3.31. The molecule has 0 amide bonds. The summed E-state index contributed by atoms with van der Waals surface area (Å²) in [5, 5.41) is 7.94. The maximum absolute atomic E-state index is 5.67. The minimum absolute atomic E-state index is 0.455. The monoisotopic (exact) mass is 178 g/mol. The highest BCUT2D eigenvalue weighted by atomic mass is 15.3. The van der Waals surface area contributed by atoms with Crippen LogP contribution in [-0.2, 0) is 0 Å². The number of aromatic nitrogens is 2. The van der Waals surface area contributed by atoms with E-state index in [9.17, 15) is 0 Å². The van der Waals surface area contributed by atoms with Gasteiger partial charge in [-0.1, -0.05) is 0 Å². The Balaban J connectivity index is 2.16. The predicted molar refractivity (Wildman–Crippen MR) is 51.5 cm³/mol. The molecule has 0 bridgehead atoms. The lowest BCUT2D eigenvalue weighted by molar-refractivity contribution is 0.667. The van der Waals surface area contributed by atoms with E-state index in [2.05, 4.69) is 15.1 Å². The van der Waals surface area contributed by atoms with Crippen molar-refractivity contribution in [3.05, 3.63) is 18.3 Å². The predicted octanol–water partition coefficient (Wildman–Crippen LogP) is 0.404. The van der Waals surface area contributed by atoms with Gasteiger partial charge in [0.25, 0.3) is 0 Å². The highest BCUT2D eigenvalue weighted by molar-refractivity contribution is 5.39. The molecule has 70 valence electrons. The summed E-state index contributed by atoms with van der Waals surface area (Å²) in [5.74, 6) is 0.954. The van der Waals surface area contributed by atoms with Crippen molar-refractivity contribution in [1.82, 2.24) is 10.2 Å². The zero-order chi connectivity index (χ0) is 9.10. The summed E-state index contributed by atoms with van der Waals surface area (Å²) in [6, 6.07) is 4.35. The molecule has 0 unspecified atom stereocenters. The molecular formula is C9H14N4. The topological polar surface area (TPSA) is 55.0 Å². The van der Waals surface area contributed by atoms with Crippen LogP contribution in [0.5, 0.6) is 0 Å². The van der Waals surface area contributed by atoms with Crippen molar-refractivity contribution in [2.45, 2.75) is 18.9 Å². The second-order valence-corrected chi connectivity index (χ2v) is 3.31. The average Bonchev–Trinajstić information content (AvgIpc) is 2.67. The van der Waals surface area contributed by atoms with Crippen LogP contribution in [0.2, 0.25) is 0 Å². The Morgan fingerprint density at radius 3 is 3.23 bits per heavy atom. The van der Waals surface area contributed by atoms with Gasteiger partial charge in [-0.25, -0.2) is 0 Å². The van der Waals surface area contributed by atoms with E-state index in [0.717, 1.165) is 12.4 Å². The molecule has 2 rings (SSSR count). The van der Waals surface area contributed by atoms with Gasteiger partial charge in [0, 0.05) is 25.3 Å². The molecule has 4 heteroatoms. The third-order valence-electron chi connectivity index (χ3n) is 2.50. The summed E-state index contributed by atoms with van der Waals surface area (Å²) in [7, 11) is 0. The average molecular weight is 178 g/mol. The van der Waals surface area contributed by atoms with Crippen molar-refractivity contribution in [2.24, 2.45) is 5.73 Å². The summed E-state index contributed by atoms with van der Waals surface area (Å²) in [6.45, 7) is 1.76. The molecule has 1 atom stereocenters. The van der Waals surface area contributed by atoms with E-state index >= 15 is 0 Å². The third kappa shape index (κ3) is 1.62. The van der Waals surface area contributed by atoms with Crippen LogP contribution in [0.3, 0.4) is 0 Å². The molecule has 13 heavy (non-hydrogen) atoms. The van der Waals surface area contributed by atoms with Crippen LogP contribution in [-0.4, -0.2) is 29.3 Å². The fourth-order valence-corrected chi connectivity index (χ4v) is 1.83. The van der Waals surface area contributed by atoms with Crippen molar-refractivity contribution in [3.63, 3.8) is 0 Å². The van der Waals surface area contributed by atoms with Crippen LogP contribution >= 0.6 is 0 Å². The fourth-order valence-electron chi connectivity index (χ4n) is 1.83. The molecule has 1 aliphatic heterocycles. The smallest absolute Gasteiger partial charge is 0.151 e. The summed E-state index contributed by atoms with van der Waals surface area (Å²) >= 11 is 0. The zero-order valence-corrected chi connectivity index (χ0v) is 7.56. The maximum atomic E-state index is 5.67. The third-order valence-corrected chi connectivity index (χ3v) is 2.50. The van der Waals surface area contributed by atoms with Gasteiger partial charge < -0.3 is 10.6 Å². The van der Waals surface area contributed by atoms with Gasteiger partial charge in [0.15, 0.2) is 5.82 Å². The zero-order valence-electron chi connectivity index (χ0n) is 7.56. The van der Waals surface area contributed by atoms with Crippen molar-refractivity contribution >= 4 is 5.82 Å². The van der Waals surface area contributed by atoms with Crippen molar-refractivity contribution in [2.75, 3.05) is 18.0 Å². The van der Waals surface area contributed by atoms with E-state index in [1.54, 1.807) is 6.20 Å². The molecule has 2 heterocycles. The molecule has 1 saturated heterocycles. The van der Waals surface area contributed by atoms with Crippen molar-refractivity contribution < 1.29 is 0 Å². The van der Waals surface area contributed by atoms with Crippen molar-refractivity contribution in [3.8, 4) is 0 Å². The Hall–Kier alpha value is -1.16. The fraction of sp³-hybridized carbons (Fsp3) is 0.556. The van der Waals surface area contributed by atoms with Gasteiger partial charge in [0.05, 0.1) is 0 Å². The molecule has 0 aromatic carbocycles. The van der Waals surface area contributed by atoms with Gasteiger partial charge in [-0.3, -0.25) is 0 Å². The molecule has 1 aromatic heterocycles. The standard InChI is InChI=1S/C9H14N4/c10-7-8-3-2-6-13(8)9-4-1-5-11-12-9/h1,4-5,8H,2-3,6-7,10H2/t8-/m0/s1. The minimum atomic E-state index is 0.455. The van der Waals surface area contributed by atoms with Crippen molar-refractivity contribution in [1.29, 1.82) is 0 Å². The molecular weight excluding hydrogens is 164 g/mol. The molecule has 0 aliphatic carbocycles. The molecule has 1 aliphatic rings. The van der Waals surface area contributed by atoms with E-state index in [1.807, 2.05) is 12.1 Å². The molecule has 4 nitrogen and oxygen atoms in total. The first-order valence-electron chi connectivity index (χ1n) is 4.66. The van der Waals surface area contributed by atoms with Gasteiger partial charge >= 0.3 is 0 Å². The molecule has 0 saturated carbocycles. The van der Waals surface area contributed by atoms with Gasteiger partial charge in [0.2, 0.25) is 0 Å². The van der Waals surface area contributed by atoms with E-state index in [-0.39, 0.29) is 0 Å². The first-order valence-corrected chi connectivity index (χ1v) is 4.66. The summed E-state index contributed by atoms with van der Waals surface area (Å²) < 4.78 is 0.